The number of imidazole rings is 1. The van der Waals surface area contributed by atoms with Crippen LogP contribution in [0.5, 0.6) is 5.75 Å². The second kappa shape index (κ2) is 7.89. The van der Waals surface area contributed by atoms with Crippen molar-refractivity contribution < 1.29 is 13.2 Å². The fourth-order valence-corrected chi connectivity index (χ4v) is 5.29. The van der Waals surface area contributed by atoms with E-state index in [9.17, 15) is 8.42 Å². The molecule has 3 N–H and O–H groups in total. The Morgan fingerprint density at radius 1 is 1.03 bits per heavy atom. The summed E-state index contributed by atoms with van der Waals surface area (Å²) < 4.78 is 34.0. The zero-order valence-electron chi connectivity index (χ0n) is 17.4. The number of ether oxygens (including phenoxy) is 1. The lowest BCUT2D eigenvalue weighted by molar-refractivity contribution is 0.415. The summed E-state index contributed by atoms with van der Waals surface area (Å²) in [6, 6.07) is 18.1. The van der Waals surface area contributed by atoms with Crippen molar-refractivity contribution in [2.45, 2.75) is 11.8 Å². The largest absolute Gasteiger partial charge is 0.497 e. The molecule has 5 rings (SSSR count). The molecule has 0 radical (unpaired) electrons. The van der Waals surface area contributed by atoms with E-state index < -0.39 is 10.0 Å². The van der Waals surface area contributed by atoms with Gasteiger partial charge in [0, 0.05) is 22.8 Å². The monoisotopic (exact) mass is 468 g/mol. The molecule has 0 aliphatic heterocycles. The molecule has 2 aromatic heterocycles. The molecule has 7 nitrogen and oxygen atoms in total. The summed E-state index contributed by atoms with van der Waals surface area (Å²) in [7, 11) is -2.29. The highest BCUT2D eigenvalue weighted by Gasteiger charge is 2.24. The minimum Gasteiger partial charge on any atom is -0.497 e. The molecule has 0 saturated heterocycles. The number of aryl methyl sites for hydroxylation is 1. The van der Waals surface area contributed by atoms with Gasteiger partial charge in [0.25, 0.3) is 10.0 Å². The van der Waals surface area contributed by atoms with Crippen LogP contribution in [0.4, 0.5) is 5.95 Å². The van der Waals surface area contributed by atoms with Crippen LogP contribution in [-0.4, -0.2) is 29.5 Å². The highest BCUT2D eigenvalue weighted by Crippen LogP contribution is 2.36. The van der Waals surface area contributed by atoms with Crippen LogP contribution in [0.1, 0.15) is 5.69 Å². The van der Waals surface area contributed by atoms with E-state index >= 15 is 0 Å². The third-order valence-electron chi connectivity index (χ3n) is 5.41. The second-order valence-corrected chi connectivity index (χ2v) is 9.15. The van der Waals surface area contributed by atoms with Gasteiger partial charge < -0.3 is 15.5 Å². The summed E-state index contributed by atoms with van der Waals surface area (Å²) in [5.74, 6) is 0.893. The van der Waals surface area contributed by atoms with Gasteiger partial charge in [0.05, 0.1) is 23.2 Å². The van der Waals surface area contributed by atoms with Crippen LogP contribution in [0.15, 0.2) is 71.8 Å². The Morgan fingerprint density at radius 2 is 1.78 bits per heavy atom. The Labute approximate surface area is 191 Å². The van der Waals surface area contributed by atoms with E-state index in [2.05, 4.69) is 9.97 Å². The number of hydrogen-bond acceptors (Lipinski definition) is 5. The summed E-state index contributed by atoms with van der Waals surface area (Å²) in [4.78, 5) is 7.56. The second-order valence-electron chi connectivity index (χ2n) is 7.33. The molecule has 0 fully saturated rings. The first-order valence-electron chi connectivity index (χ1n) is 9.64. The zero-order chi connectivity index (χ0) is 21.8. The number of methoxy groups -OCH3 is 1. The third-order valence-corrected chi connectivity index (χ3v) is 7.08. The van der Waals surface area contributed by atoms with Crippen LogP contribution in [0.2, 0.25) is 0 Å². The molecule has 3 aromatic carbocycles. The Hall–Kier alpha value is -3.49. The number of benzene rings is 3. The fourth-order valence-electron chi connectivity index (χ4n) is 3.88. The number of nitrogen functional groups attached to an aromatic ring is 1. The van der Waals surface area contributed by atoms with E-state index in [1.165, 1.54) is 3.97 Å². The maximum atomic E-state index is 13.7. The lowest BCUT2D eigenvalue weighted by Gasteiger charge is -2.09. The van der Waals surface area contributed by atoms with E-state index in [1.807, 2.05) is 37.3 Å². The Morgan fingerprint density at radius 3 is 2.47 bits per heavy atom. The molecule has 0 bridgehead atoms. The van der Waals surface area contributed by atoms with E-state index in [0.717, 1.165) is 16.5 Å². The highest BCUT2D eigenvalue weighted by molar-refractivity contribution is 7.90. The number of halogens is 1. The lowest BCUT2D eigenvalue weighted by atomic mass is 10.1. The molecule has 164 valence electrons. The van der Waals surface area contributed by atoms with Crippen LogP contribution >= 0.6 is 12.4 Å². The number of aromatic nitrogens is 3. The number of nitrogens with two attached hydrogens (primary N) is 1. The van der Waals surface area contributed by atoms with Gasteiger partial charge in [-0.3, -0.25) is 0 Å². The predicted octanol–water partition coefficient (Wildman–Crippen LogP) is 4.74. The minimum atomic E-state index is -3.86. The van der Waals surface area contributed by atoms with Crippen molar-refractivity contribution in [3.63, 3.8) is 0 Å². The number of anilines is 1. The molecular weight excluding hydrogens is 448 g/mol. The van der Waals surface area contributed by atoms with Crippen LogP contribution in [0.3, 0.4) is 0 Å². The van der Waals surface area contributed by atoms with Crippen LogP contribution in [-0.2, 0) is 10.0 Å². The summed E-state index contributed by atoms with van der Waals surface area (Å²) >= 11 is 0. The Bertz CT molecular complexity index is 1570. The van der Waals surface area contributed by atoms with Crippen LogP contribution in [0.25, 0.3) is 32.9 Å². The van der Waals surface area contributed by atoms with E-state index in [4.69, 9.17) is 10.5 Å². The van der Waals surface area contributed by atoms with E-state index in [-0.39, 0.29) is 23.3 Å². The van der Waals surface area contributed by atoms with Gasteiger partial charge in [0.1, 0.15) is 5.75 Å². The summed E-state index contributed by atoms with van der Waals surface area (Å²) in [6.07, 6.45) is 1.59. The van der Waals surface area contributed by atoms with E-state index in [1.54, 1.807) is 43.6 Å². The molecule has 0 atom stereocenters. The Kier molecular flexibility index (Phi) is 5.36. The lowest BCUT2D eigenvalue weighted by Crippen LogP contribution is -2.11. The number of nitrogens with zero attached hydrogens (tertiary/aromatic N) is 2. The zero-order valence-corrected chi connectivity index (χ0v) is 19.0. The number of fused-ring (bicyclic) bond motifs is 2. The van der Waals surface area contributed by atoms with Crippen molar-refractivity contribution in [2.24, 2.45) is 0 Å². The van der Waals surface area contributed by atoms with Gasteiger partial charge >= 0.3 is 0 Å². The first-order chi connectivity index (χ1) is 14.9. The first-order valence-corrected chi connectivity index (χ1v) is 11.1. The number of hydrogen-bond donors (Lipinski definition) is 2. The standard InChI is InChI=1S/C23H20N4O3S.ClH/c1-14-22(26-23(24)25-14)20-13-27(21-10-8-17(30-2)12-19(20)21)31(28,29)18-9-7-15-5-3-4-6-16(15)11-18;/h3-13H,1-2H3,(H3,24,25,26);1H. The van der Waals surface area contributed by atoms with Crippen molar-refractivity contribution in [3.05, 3.63) is 72.6 Å². The molecular formula is C23H21ClN4O3S. The van der Waals surface area contributed by atoms with Crippen molar-refractivity contribution in [3.8, 4) is 17.0 Å². The predicted molar refractivity (Wildman–Crippen MR) is 129 cm³/mol. The number of rotatable bonds is 4. The average molecular weight is 469 g/mol. The summed E-state index contributed by atoms with van der Waals surface area (Å²) in [5, 5.41) is 2.54. The molecule has 0 unspecified atom stereocenters. The smallest absolute Gasteiger partial charge is 0.268 e. The number of aromatic amines is 1. The maximum Gasteiger partial charge on any atom is 0.268 e. The molecule has 0 spiro atoms. The molecule has 32 heavy (non-hydrogen) atoms. The fraction of sp³-hybridized carbons (Fsp3) is 0.0870. The number of H-pyrrole nitrogens is 1. The average Bonchev–Trinajstić information content (AvgIpc) is 3.32. The van der Waals surface area contributed by atoms with Crippen molar-refractivity contribution in [2.75, 3.05) is 12.8 Å². The molecule has 9 heteroatoms. The first kappa shape index (κ1) is 21.7. The van der Waals surface area contributed by atoms with E-state index in [0.29, 0.717) is 27.9 Å². The van der Waals surface area contributed by atoms with Gasteiger partial charge in [-0.2, -0.15) is 0 Å². The number of nitrogens with one attached hydrogen (secondary N) is 1. The van der Waals surface area contributed by atoms with Gasteiger partial charge in [0.15, 0.2) is 5.95 Å². The van der Waals surface area contributed by atoms with Crippen LogP contribution < -0.4 is 10.5 Å². The maximum absolute atomic E-state index is 13.7. The minimum absolute atomic E-state index is 0. The molecule has 0 amide bonds. The normalized spacial score (nSPS) is 11.6. The van der Waals surface area contributed by atoms with Gasteiger partial charge in [-0.25, -0.2) is 17.4 Å². The Balaban J connectivity index is 0.00000245. The van der Waals surface area contributed by atoms with Crippen LogP contribution in [0, 0.1) is 6.92 Å². The SMILES string of the molecule is COc1ccc2c(c1)c(-c1nc(N)[nH]c1C)cn2S(=O)(=O)c1ccc2ccccc2c1.Cl. The quantitative estimate of drug-likeness (QED) is 0.396. The van der Waals surface area contributed by atoms with Gasteiger partial charge in [-0.05, 0) is 48.0 Å². The molecule has 5 aromatic rings. The van der Waals surface area contributed by atoms with Crippen molar-refractivity contribution >= 4 is 50.1 Å². The molecule has 2 heterocycles. The summed E-state index contributed by atoms with van der Waals surface area (Å²) in [5.41, 5.74) is 8.38. The van der Waals surface area contributed by atoms with Crippen molar-refractivity contribution in [1.29, 1.82) is 0 Å². The molecule has 0 aliphatic carbocycles. The highest BCUT2D eigenvalue weighted by atomic mass is 35.5. The molecule has 0 aliphatic rings. The van der Waals surface area contributed by atoms with Gasteiger partial charge in [0.2, 0.25) is 0 Å². The molecule has 0 saturated carbocycles. The summed E-state index contributed by atoms with van der Waals surface area (Å²) in [6.45, 7) is 1.85. The third kappa shape index (κ3) is 3.37. The van der Waals surface area contributed by atoms with Crippen molar-refractivity contribution in [1.82, 2.24) is 13.9 Å². The topological polar surface area (TPSA) is 103 Å². The van der Waals surface area contributed by atoms with Gasteiger partial charge in [-0.1, -0.05) is 30.3 Å². The van der Waals surface area contributed by atoms with Gasteiger partial charge in [-0.15, -0.1) is 12.4 Å².